The minimum atomic E-state index is -0.511. The zero-order valence-corrected chi connectivity index (χ0v) is 12.1. The first-order valence-corrected chi connectivity index (χ1v) is 6.79. The van der Waals surface area contributed by atoms with Crippen molar-refractivity contribution in [1.82, 2.24) is 0 Å². The molecule has 2 rings (SSSR count). The van der Waals surface area contributed by atoms with Crippen LogP contribution in [0, 0.1) is 12.7 Å². The van der Waals surface area contributed by atoms with Gasteiger partial charge in [0.15, 0.2) is 6.61 Å². The third kappa shape index (κ3) is 5.01. The van der Waals surface area contributed by atoms with Gasteiger partial charge in [0.25, 0.3) is 5.91 Å². The molecular weight excluding hydrogens is 285 g/mol. The van der Waals surface area contributed by atoms with Crippen LogP contribution in [0.2, 0.25) is 0 Å². The molecule has 0 heterocycles. The molecular formula is C17H16FNO3. The van der Waals surface area contributed by atoms with Gasteiger partial charge in [0, 0.05) is 5.69 Å². The second kappa shape index (κ2) is 7.36. The molecule has 0 spiro atoms. The molecule has 2 aromatic carbocycles. The van der Waals surface area contributed by atoms with Crippen LogP contribution in [0.4, 0.5) is 10.1 Å². The summed E-state index contributed by atoms with van der Waals surface area (Å²) >= 11 is 0. The first-order valence-electron chi connectivity index (χ1n) is 6.79. The van der Waals surface area contributed by atoms with Gasteiger partial charge in [-0.1, -0.05) is 35.9 Å². The van der Waals surface area contributed by atoms with Gasteiger partial charge in [-0.2, -0.15) is 0 Å². The molecule has 0 saturated carbocycles. The summed E-state index contributed by atoms with van der Waals surface area (Å²) in [5.41, 5.74) is 2.24. The Hall–Kier alpha value is -2.69. The number of amides is 1. The summed E-state index contributed by atoms with van der Waals surface area (Å²) in [5, 5.41) is 2.45. The third-order valence-corrected chi connectivity index (χ3v) is 2.94. The van der Waals surface area contributed by atoms with Crippen LogP contribution in [0.3, 0.4) is 0 Å². The predicted molar refractivity (Wildman–Crippen MR) is 80.9 cm³/mol. The number of halogens is 1. The minimum Gasteiger partial charge on any atom is -0.455 e. The highest BCUT2D eigenvalue weighted by atomic mass is 19.1. The van der Waals surface area contributed by atoms with E-state index < -0.39 is 24.3 Å². The summed E-state index contributed by atoms with van der Waals surface area (Å²) < 4.78 is 17.9. The van der Waals surface area contributed by atoms with Gasteiger partial charge in [-0.15, -0.1) is 0 Å². The SMILES string of the molecule is Cc1ccc(CC(=O)OCC(=O)Nc2cccc(F)c2)cc1. The smallest absolute Gasteiger partial charge is 0.310 e. The van der Waals surface area contributed by atoms with E-state index in [1.807, 2.05) is 31.2 Å². The number of hydrogen-bond acceptors (Lipinski definition) is 3. The first kappa shape index (κ1) is 15.7. The molecule has 114 valence electrons. The summed E-state index contributed by atoms with van der Waals surface area (Å²) in [6.07, 6.45) is 0.105. The Morgan fingerprint density at radius 1 is 1.14 bits per heavy atom. The number of nitrogens with one attached hydrogen (secondary N) is 1. The fourth-order valence-electron chi connectivity index (χ4n) is 1.83. The van der Waals surface area contributed by atoms with Crippen molar-refractivity contribution in [3.05, 3.63) is 65.5 Å². The van der Waals surface area contributed by atoms with Crippen LogP contribution >= 0.6 is 0 Å². The quantitative estimate of drug-likeness (QED) is 0.864. The lowest BCUT2D eigenvalue weighted by Crippen LogP contribution is -2.21. The van der Waals surface area contributed by atoms with Crippen molar-refractivity contribution in [3.8, 4) is 0 Å². The van der Waals surface area contributed by atoms with E-state index >= 15 is 0 Å². The van der Waals surface area contributed by atoms with Crippen molar-refractivity contribution in [2.24, 2.45) is 0 Å². The van der Waals surface area contributed by atoms with E-state index in [2.05, 4.69) is 5.32 Å². The molecule has 1 amide bonds. The van der Waals surface area contributed by atoms with Crippen molar-refractivity contribution >= 4 is 17.6 Å². The van der Waals surface area contributed by atoms with Crippen LogP contribution in [-0.4, -0.2) is 18.5 Å². The second-order valence-electron chi connectivity index (χ2n) is 4.88. The Balaban J connectivity index is 1.78. The number of ether oxygens (including phenoxy) is 1. The average molecular weight is 301 g/mol. The summed E-state index contributed by atoms with van der Waals surface area (Å²) in [6.45, 7) is 1.56. The van der Waals surface area contributed by atoms with Gasteiger partial charge in [0.1, 0.15) is 5.82 Å². The molecule has 0 unspecified atom stereocenters. The molecule has 1 N–H and O–H groups in total. The van der Waals surface area contributed by atoms with Gasteiger partial charge in [0.05, 0.1) is 6.42 Å². The molecule has 0 saturated heterocycles. The molecule has 0 aromatic heterocycles. The highest BCUT2D eigenvalue weighted by Crippen LogP contribution is 2.09. The zero-order valence-electron chi connectivity index (χ0n) is 12.1. The Labute approximate surface area is 127 Å². The third-order valence-electron chi connectivity index (χ3n) is 2.94. The van der Waals surface area contributed by atoms with Crippen LogP contribution < -0.4 is 5.32 Å². The van der Waals surface area contributed by atoms with Crippen molar-refractivity contribution in [1.29, 1.82) is 0 Å². The molecule has 0 aliphatic heterocycles. The van der Waals surface area contributed by atoms with Crippen molar-refractivity contribution in [2.75, 3.05) is 11.9 Å². The molecule has 5 heteroatoms. The van der Waals surface area contributed by atoms with E-state index in [1.54, 1.807) is 6.07 Å². The first-order chi connectivity index (χ1) is 10.5. The summed E-state index contributed by atoms with van der Waals surface area (Å²) in [7, 11) is 0. The largest absolute Gasteiger partial charge is 0.455 e. The molecule has 0 bridgehead atoms. The number of aryl methyl sites for hydroxylation is 1. The summed E-state index contributed by atoms with van der Waals surface area (Å²) in [5.74, 6) is -1.45. The van der Waals surface area contributed by atoms with Gasteiger partial charge in [-0.3, -0.25) is 9.59 Å². The molecule has 4 nitrogen and oxygen atoms in total. The van der Waals surface area contributed by atoms with Gasteiger partial charge in [-0.25, -0.2) is 4.39 Å². The van der Waals surface area contributed by atoms with Crippen LogP contribution in [0.25, 0.3) is 0 Å². The monoisotopic (exact) mass is 301 g/mol. The Bertz CT molecular complexity index is 668. The zero-order chi connectivity index (χ0) is 15.9. The number of carbonyl (C=O) groups excluding carboxylic acids is 2. The van der Waals surface area contributed by atoms with E-state index in [4.69, 9.17) is 4.74 Å². The number of anilines is 1. The summed E-state index contributed by atoms with van der Waals surface area (Å²) in [6, 6.07) is 13.0. The van der Waals surface area contributed by atoms with Crippen molar-refractivity contribution in [2.45, 2.75) is 13.3 Å². The van der Waals surface area contributed by atoms with Crippen molar-refractivity contribution in [3.63, 3.8) is 0 Å². The Morgan fingerprint density at radius 2 is 1.86 bits per heavy atom. The lowest BCUT2D eigenvalue weighted by Gasteiger charge is -2.07. The minimum absolute atomic E-state index is 0.105. The van der Waals surface area contributed by atoms with E-state index in [1.165, 1.54) is 18.2 Å². The standard InChI is InChI=1S/C17H16FNO3/c1-12-5-7-13(8-6-12)9-17(21)22-11-16(20)19-15-4-2-3-14(18)10-15/h2-8,10H,9,11H2,1H3,(H,19,20). The number of hydrogen-bond donors (Lipinski definition) is 1. The highest BCUT2D eigenvalue weighted by molar-refractivity contribution is 5.92. The lowest BCUT2D eigenvalue weighted by atomic mass is 10.1. The van der Waals surface area contributed by atoms with E-state index in [-0.39, 0.29) is 6.42 Å². The van der Waals surface area contributed by atoms with Gasteiger partial charge < -0.3 is 10.1 Å². The van der Waals surface area contributed by atoms with E-state index in [9.17, 15) is 14.0 Å². The number of benzene rings is 2. The number of carbonyl (C=O) groups is 2. The topological polar surface area (TPSA) is 55.4 Å². The summed E-state index contributed by atoms with van der Waals surface area (Å²) in [4.78, 5) is 23.3. The molecule has 0 radical (unpaired) electrons. The Morgan fingerprint density at radius 3 is 2.55 bits per heavy atom. The van der Waals surface area contributed by atoms with Gasteiger partial charge in [0.2, 0.25) is 0 Å². The predicted octanol–water partition coefficient (Wildman–Crippen LogP) is 2.86. The maximum Gasteiger partial charge on any atom is 0.310 e. The van der Waals surface area contributed by atoms with Gasteiger partial charge >= 0.3 is 5.97 Å². The second-order valence-corrected chi connectivity index (χ2v) is 4.88. The number of rotatable bonds is 5. The van der Waals surface area contributed by atoms with Crippen molar-refractivity contribution < 1.29 is 18.7 Å². The van der Waals surface area contributed by atoms with E-state index in [0.717, 1.165) is 11.1 Å². The maximum atomic E-state index is 13.0. The van der Waals surface area contributed by atoms with Crippen LogP contribution in [-0.2, 0) is 20.7 Å². The van der Waals surface area contributed by atoms with Crippen LogP contribution in [0.1, 0.15) is 11.1 Å². The maximum absolute atomic E-state index is 13.0. The molecule has 0 aliphatic rings. The Kier molecular flexibility index (Phi) is 5.25. The highest BCUT2D eigenvalue weighted by Gasteiger charge is 2.09. The average Bonchev–Trinajstić information content (AvgIpc) is 2.48. The molecule has 2 aromatic rings. The normalized spacial score (nSPS) is 10.1. The van der Waals surface area contributed by atoms with Crippen LogP contribution in [0.5, 0.6) is 0 Å². The van der Waals surface area contributed by atoms with Gasteiger partial charge in [-0.05, 0) is 30.7 Å². The molecule has 0 fully saturated rings. The lowest BCUT2D eigenvalue weighted by molar-refractivity contribution is -0.146. The number of esters is 1. The fourth-order valence-corrected chi connectivity index (χ4v) is 1.83. The van der Waals surface area contributed by atoms with Crippen LogP contribution in [0.15, 0.2) is 48.5 Å². The molecule has 22 heavy (non-hydrogen) atoms. The molecule has 0 atom stereocenters. The molecule has 0 aliphatic carbocycles. The van der Waals surface area contributed by atoms with E-state index in [0.29, 0.717) is 5.69 Å². The fraction of sp³-hybridized carbons (Fsp3) is 0.176.